The van der Waals surface area contributed by atoms with Crippen LogP contribution < -0.4 is 0 Å². The normalized spacial score (nSPS) is 9.52. The predicted octanol–water partition coefficient (Wildman–Crippen LogP) is 6.15. The van der Waals surface area contributed by atoms with Crippen molar-refractivity contribution >= 4 is 12.0 Å². The second-order valence-electron chi connectivity index (χ2n) is 6.30. The molecule has 146 valence electrons. The maximum atomic E-state index is 9.85. The summed E-state index contributed by atoms with van der Waals surface area (Å²) in [5.74, 6) is -0.394. The quantitative estimate of drug-likeness (QED) is 0.110. The lowest BCUT2D eigenvalue weighted by Gasteiger charge is -2.02. The molecule has 25 heavy (non-hydrogen) atoms. The molecular weight excluding hydrogens is 314 g/mol. The van der Waals surface area contributed by atoms with Gasteiger partial charge in [0.05, 0.1) is 13.7 Å². The van der Waals surface area contributed by atoms with Gasteiger partial charge in [-0.25, -0.2) is 14.6 Å². The highest BCUT2D eigenvalue weighted by Crippen LogP contribution is 2.12. The molecule has 4 heteroatoms. The van der Waals surface area contributed by atoms with Crippen molar-refractivity contribution in [3.63, 3.8) is 0 Å². The van der Waals surface area contributed by atoms with Crippen molar-refractivity contribution in [1.29, 1.82) is 0 Å². The Hall–Kier alpha value is -1.41. The third kappa shape index (κ3) is 27.7. The first-order chi connectivity index (χ1) is 12.2. The molecule has 0 aromatic heterocycles. The zero-order chi connectivity index (χ0) is 19.0. The third-order valence-corrected chi connectivity index (χ3v) is 4.06. The summed E-state index contributed by atoms with van der Waals surface area (Å²) in [7, 11) is 1.31. The van der Waals surface area contributed by atoms with Crippen LogP contribution in [0, 0.1) is 0 Å². The van der Waals surface area contributed by atoms with Crippen LogP contribution in [-0.2, 0) is 14.3 Å². The molecule has 0 saturated heterocycles. The van der Waals surface area contributed by atoms with Crippen LogP contribution in [0.1, 0.15) is 96.8 Å². The van der Waals surface area contributed by atoms with Crippen LogP contribution in [0.4, 0.5) is 0 Å². The molecule has 0 radical (unpaired) electrons. The molecule has 0 aliphatic heterocycles. The lowest BCUT2D eigenvalue weighted by atomic mass is 10.0. The van der Waals surface area contributed by atoms with Gasteiger partial charge in [0.15, 0.2) is 0 Å². The topological polar surface area (TPSA) is 55.7 Å². The number of hydrogen-bond donors (Lipinski definition) is 0. The smallest absolute Gasteiger partial charge is 0.329 e. The fraction of sp³-hybridized carbons (Fsp3) is 0.810. The standard InChI is InChI=1S/C17H33NO.C4H6O2/c1-2-3-4-5-6-7-8-9-10-11-12-13-14-15-16-18-17-19;1-3-4(5)6-2/h2-16H2,1H3;3H,1H2,2H3. The molecule has 0 heterocycles. The second kappa shape index (κ2) is 24.8. The Morgan fingerprint density at radius 3 is 1.56 bits per heavy atom. The molecule has 0 rings (SSSR count). The van der Waals surface area contributed by atoms with Gasteiger partial charge in [-0.1, -0.05) is 97.0 Å². The number of unbranched alkanes of at least 4 members (excludes halogenated alkanes) is 13. The van der Waals surface area contributed by atoms with Crippen LogP contribution in [0.2, 0.25) is 0 Å². The van der Waals surface area contributed by atoms with Gasteiger partial charge in [-0.05, 0) is 6.42 Å². The first kappa shape index (κ1) is 25.8. The van der Waals surface area contributed by atoms with Crippen LogP contribution in [0.15, 0.2) is 17.6 Å². The molecule has 0 fully saturated rings. The molecular formula is C21H39NO3. The largest absolute Gasteiger partial charge is 0.466 e. The van der Waals surface area contributed by atoms with Crippen molar-refractivity contribution in [3.05, 3.63) is 12.7 Å². The molecule has 0 amide bonds. The number of aliphatic imine (C=N–C) groups is 1. The van der Waals surface area contributed by atoms with Crippen molar-refractivity contribution in [1.82, 2.24) is 0 Å². The summed E-state index contributed by atoms with van der Waals surface area (Å²) < 4.78 is 4.14. The number of hydrogen-bond acceptors (Lipinski definition) is 4. The minimum absolute atomic E-state index is 0.394. The van der Waals surface area contributed by atoms with Gasteiger partial charge in [-0.15, -0.1) is 0 Å². The molecule has 0 atom stereocenters. The number of carbonyl (C=O) groups is 1. The number of carbonyl (C=O) groups excluding carboxylic acids is 2. The Kier molecular flexibility index (Phi) is 25.7. The average Bonchev–Trinajstić information content (AvgIpc) is 2.64. The van der Waals surface area contributed by atoms with Crippen molar-refractivity contribution < 1.29 is 14.3 Å². The van der Waals surface area contributed by atoms with Gasteiger partial charge in [-0.2, -0.15) is 0 Å². The average molecular weight is 354 g/mol. The Bertz CT molecular complexity index is 336. The number of nitrogens with zero attached hydrogens (tertiary/aromatic N) is 1. The van der Waals surface area contributed by atoms with E-state index in [2.05, 4.69) is 23.2 Å². The second-order valence-corrected chi connectivity index (χ2v) is 6.30. The Labute approximate surface area is 155 Å². The summed E-state index contributed by atoms with van der Waals surface area (Å²) in [5.41, 5.74) is 0. The van der Waals surface area contributed by atoms with Crippen LogP contribution in [0.25, 0.3) is 0 Å². The molecule has 0 unspecified atom stereocenters. The first-order valence-corrected chi connectivity index (χ1v) is 9.96. The molecule has 0 saturated carbocycles. The van der Waals surface area contributed by atoms with Crippen LogP contribution in [0.3, 0.4) is 0 Å². The van der Waals surface area contributed by atoms with Gasteiger partial charge < -0.3 is 4.74 Å². The SMILES string of the molecule is C=CC(=O)OC.CCCCCCCCCCCCCCCCN=C=O. The zero-order valence-corrected chi connectivity index (χ0v) is 16.6. The van der Waals surface area contributed by atoms with E-state index in [9.17, 15) is 9.59 Å². The van der Waals surface area contributed by atoms with Crippen molar-refractivity contribution in [3.8, 4) is 0 Å². The van der Waals surface area contributed by atoms with E-state index < -0.39 is 5.97 Å². The fourth-order valence-electron chi connectivity index (χ4n) is 2.51. The molecule has 0 spiro atoms. The fourth-order valence-corrected chi connectivity index (χ4v) is 2.51. The van der Waals surface area contributed by atoms with Crippen molar-refractivity contribution in [2.24, 2.45) is 4.99 Å². The molecule has 4 nitrogen and oxygen atoms in total. The Morgan fingerprint density at radius 1 is 0.880 bits per heavy atom. The van der Waals surface area contributed by atoms with Crippen LogP contribution >= 0.6 is 0 Å². The molecule has 0 aliphatic carbocycles. The first-order valence-electron chi connectivity index (χ1n) is 9.96. The van der Waals surface area contributed by atoms with E-state index in [0.717, 1.165) is 12.5 Å². The minimum Gasteiger partial charge on any atom is -0.466 e. The number of isocyanates is 1. The zero-order valence-electron chi connectivity index (χ0n) is 16.6. The molecule has 0 bridgehead atoms. The summed E-state index contributed by atoms with van der Waals surface area (Å²) in [6.07, 6.45) is 21.8. The van der Waals surface area contributed by atoms with Gasteiger partial charge in [0.25, 0.3) is 0 Å². The number of esters is 1. The van der Waals surface area contributed by atoms with Crippen molar-refractivity contribution in [2.45, 2.75) is 96.8 Å². The summed E-state index contributed by atoms with van der Waals surface area (Å²) in [4.78, 5) is 23.2. The summed E-state index contributed by atoms with van der Waals surface area (Å²) in [5, 5.41) is 0. The van der Waals surface area contributed by atoms with E-state index in [1.165, 1.54) is 90.6 Å². The van der Waals surface area contributed by atoms with Gasteiger partial charge >= 0.3 is 5.97 Å². The van der Waals surface area contributed by atoms with Gasteiger partial charge in [0, 0.05) is 6.08 Å². The highest BCUT2D eigenvalue weighted by Gasteiger charge is 1.93. The van der Waals surface area contributed by atoms with E-state index in [1.54, 1.807) is 6.08 Å². The van der Waals surface area contributed by atoms with Crippen LogP contribution in [-0.4, -0.2) is 25.7 Å². The predicted molar refractivity (Wildman–Crippen MR) is 106 cm³/mol. The van der Waals surface area contributed by atoms with E-state index in [-0.39, 0.29) is 0 Å². The van der Waals surface area contributed by atoms with Crippen molar-refractivity contribution in [2.75, 3.05) is 13.7 Å². The van der Waals surface area contributed by atoms with E-state index in [4.69, 9.17) is 0 Å². The lowest BCUT2D eigenvalue weighted by Crippen LogP contribution is -1.91. The summed E-state index contributed by atoms with van der Waals surface area (Å²) >= 11 is 0. The monoisotopic (exact) mass is 353 g/mol. The van der Waals surface area contributed by atoms with E-state index >= 15 is 0 Å². The number of methoxy groups -OCH3 is 1. The van der Waals surface area contributed by atoms with E-state index in [1.807, 2.05) is 0 Å². The Morgan fingerprint density at radius 2 is 1.28 bits per heavy atom. The van der Waals surface area contributed by atoms with Crippen LogP contribution in [0.5, 0.6) is 0 Å². The summed E-state index contributed by atoms with van der Waals surface area (Å²) in [6.45, 7) is 6.10. The number of ether oxygens (including phenoxy) is 1. The highest BCUT2D eigenvalue weighted by molar-refractivity contribution is 5.80. The highest BCUT2D eigenvalue weighted by atomic mass is 16.5. The molecule has 0 aromatic rings. The van der Waals surface area contributed by atoms with Gasteiger partial charge in [-0.3, -0.25) is 0 Å². The van der Waals surface area contributed by atoms with Gasteiger partial charge in [0.2, 0.25) is 6.08 Å². The van der Waals surface area contributed by atoms with Gasteiger partial charge in [0.1, 0.15) is 0 Å². The van der Waals surface area contributed by atoms with E-state index in [0.29, 0.717) is 6.54 Å². The molecule has 0 aromatic carbocycles. The molecule has 0 N–H and O–H groups in total. The Balaban J connectivity index is 0. The molecule has 0 aliphatic rings. The third-order valence-electron chi connectivity index (χ3n) is 4.06. The minimum atomic E-state index is -0.394. The summed E-state index contributed by atoms with van der Waals surface area (Å²) in [6, 6.07) is 0. The lowest BCUT2D eigenvalue weighted by molar-refractivity contribution is -0.134. The number of rotatable bonds is 16. The maximum absolute atomic E-state index is 9.85. The maximum Gasteiger partial charge on any atom is 0.329 e.